The zero-order valence-electron chi connectivity index (χ0n) is 18.8. The van der Waals surface area contributed by atoms with Crippen molar-refractivity contribution in [2.24, 2.45) is 5.73 Å². The number of benzene rings is 1. The van der Waals surface area contributed by atoms with Gasteiger partial charge in [0.15, 0.2) is 17.2 Å². The molecule has 3 aromatic rings. The Morgan fingerprint density at radius 1 is 1.31 bits per heavy atom. The van der Waals surface area contributed by atoms with Crippen molar-refractivity contribution in [1.82, 2.24) is 19.6 Å². The highest BCUT2D eigenvalue weighted by Gasteiger charge is 2.37. The first kappa shape index (κ1) is 23.8. The molecule has 1 amide bonds. The SMILES string of the molecule is CCNc1nc(Nc2cc(C#N)cc(N3C[C@H](OC(N)=O)[C@H](OC)C3)c2Cl)nn2c(C#N)cnc12. The fourth-order valence-corrected chi connectivity index (χ4v) is 4.12. The quantitative estimate of drug-likeness (QED) is 0.435. The maximum Gasteiger partial charge on any atom is 0.404 e. The molecular weight excluding hydrogens is 476 g/mol. The monoisotopic (exact) mass is 496 g/mol. The summed E-state index contributed by atoms with van der Waals surface area (Å²) in [6.07, 6.45) is -0.534. The number of nitrogens with zero attached hydrogens (tertiary/aromatic N) is 7. The van der Waals surface area contributed by atoms with E-state index in [0.717, 1.165) is 0 Å². The first-order chi connectivity index (χ1) is 16.9. The number of hydrogen-bond donors (Lipinski definition) is 3. The van der Waals surface area contributed by atoms with Crippen molar-refractivity contribution in [2.45, 2.75) is 19.1 Å². The maximum absolute atomic E-state index is 11.3. The van der Waals surface area contributed by atoms with Crippen molar-refractivity contribution in [1.29, 1.82) is 10.5 Å². The molecular formula is C21H21ClN10O3. The van der Waals surface area contributed by atoms with Gasteiger partial charge in [0.05, 0.1) is 40.8 Å². The van der Waals surface area contributed by atoms with Crippen LogP contribution in [0.1, 0.15) is 18.2 Å². The van der Waals surface area contributed by atoms with Gasteiger partial charge >= 0.3 is 6.09 Å². The van der Waals surface area contributed by atoms with Crippen LogP contribution in [0.5, 0.6) is 0 Å². The lowest BCUT2D eigenvalue weighted by molar-refractivity contribution is 0.0104. The number of anilines is 4. The number of hydrogen-bond acceptors (Lipinski definition) is 11. The number of rotatable bonds is 7. The summed E-state index contributed by atoms with van der Waals surface area (Å²) in [4.78, 5) is 21.8. The minimum absolute atomic E-state index is 0.136. The van der Waals surface area contributed by atoms with Gasteiger partial charge in [0.25, 0.3) is 0 Å². The van der Waals surface area contributed by atoms with Gasteiger partial charge in [0.2, 0.25) is 5.95 Å². The Labute approximate surface area is 205 Å². The molecule has 1 saturated heterocycles. The predicted molar refractivity (Wildman–Crippen MR) is 127 cm³/mol. The van der Waals surface area contributed by atoms with Gasteiger partial charge in [0, 0.05) is 20.2 Å². The molecule has 0 radical (unpaired) electrons. The summed E-state index contributed by atoms with van der Waals surface area (Å²) in [7, 11) is 1.51. The van der Waals surface area contributed by atoms with E-state index in [9.17, 15) is 15.3 Å². The Bertz CT molecular complexity index is 1360. The molecule has 1 fully saturated rings. The average Bonchev–Trinajstić information content (AvgIpc) is 3.43. The summed E-state index contributed by atoms with van der Waals surface area (Å²) in [6, 6.07) is 7.34. The molecule has 1 aliphatic rings. The van der Waals surface area contributed by atoms with Crippen LogP contribution in [0.4, 0.5) is 27.9 Å². The lowest BCUT2D eigenvalue weighted by atomic mass is 10.1. The van der Waals surface area contributed by atoms with Gasteiger partial charge < -0.3 is 30.7 Å². The number of nitrogens with one attached hydrogen (secondary N) is 2. The molecule has 0 unspecified atom stereocenters. The van der Waals surface area contributed by atoms with Gasteiger partial charge in [-0.3, -0.25) is 0 Å². The molecule has 0 saturated carbocycles. The van der Waals surface area contributed by atoms with E-state index in [-0.39, 0.29) is 18.2 Å². The van der Waals surface area contributed by atoms with Crippen LogP contribution < -0.4 is 21.3 Å². The molecule has 1 aromatic carbocycles. The van der Waals surface area contributed by atoms with Crippen LogP contribution in [-0.2, 0) is 9.47 Å². The van der Waals surface area contributed by atoms with E-state index < -0.39 is 18.3 Å². The predicted octanol–water partition coefficient (Wildman–Crippen LogP) is 2.00. The molecule has 2 atom stereocenters. The number of primary amides is 1. The van der Waals surface area contributed by atoms with Gasteiger partial charge in [-0.2, -0.15) is 20.0 Å². The lowest BCUT2D eigenvalue weighted by Crippen LogP contribution is -2.33. The van der Waals surface area contributed by atoms with Crippen LogP contribution in [0.3, 0.4) is 0 Å². The van der Waals surface area contributed by atoms with Crippen molar-refractivity contribution in [3.63, 3.8) is 0 Å². The molecule has 0 spiro atoms. The molecule has 2 aromatic heterocycles. The summed E-state index contributed by atoms with van der Waals surface area (Å²) in [6.45, 7) is 3.09. The number of amides is 1. The van der Waals surface area contributed by atoms with Gasteiger partial charge in [-0.05, 0) is 19.1 Å². The van der Waals surface area contributed by atoms with Crippen LogP contribution in [-0.4, -0.2) is 64.6 Å². The molecule has 14 heteroatoms. The standard InChI is InChI=1S/C21H21ClN10O3/c1-3-26-18-19-27-8-12(7-24)32(19)30-21(29-18)28-13-4-11(6-23)5-14(17(13)22)31-9-15(34-2)16(10-31)35-20(25)33/h4-5,8,15-16H,3,9-10H2,1-2H3,(H2,25,33)(H2,26,28,29,30)/t15-,16+/m1/s1. The first-order valence-electron chi connectivity index (χ1n) is 10.5. The van der Waals surface area contributed by atoms with Crippen LogP contribution in [0.2, 0.25) is 5.02 Å². The van der Waals surface area contributed by atoms with Crippen molar-refractivity contribution < 1.29 is 14.3 Å². The number of carbonyl (C=O) groups excluding carboxylic acids is 1. The van der Waals surface area contributed by atoms with Crippen molar-refractivity contribution >= 4 is 46.5 Å². The number of nitriles is 2. The number of aromatic nitrogens is 4. The Morgan fingerprint density at radius 3 is 2.74 bits per heavy atom. The van der Waals surface area contributed by atoms with Crippen LogP contribution >= 0.6 is 11.6 Å². The molecule has 1 aliphatic heterocycles. The molecule has 35 heavy (non-hydrogen) atoms. The van der Waals surface area contributed by atoms with Gasteiger partial charge in [0.1, 0.15) is 18.3 Å². The van der Waals surface area contributed by atoms with Gasteiger partial charge in [-0.1, -0.05) is 11.6 Å². The van der Waals surface area contributed by atoms with E-state index in [0.29, 0.717) is 46.5 Å². The molecule has 180 valence electrons. The normalized spacial score (nSPS) is 17.1. The molecule has 4 N–H and O–H groups in total. The van der Waals surface area contributed by atoms with Gasteiger partial charge in [-0.15, -0.1) is 5.10 Å². The third-order valence-corrected chi connectivity index (χ3v) is 5.77. The highest BCUT2D eigenvalue weighted by atomic mass is 35.5. The third-order valence-electron chi connectivity index (χ3n) is 5.38. The highest BCUT2D eigenvalue weighted by molar-refractivity contribution is 6.36. The summed E-state index contributed by atoms with van der Waals surface area (Å²) < 4.78 is 12.0. The molecule has 3 heterocycles. The number of fused-ring (bicyclic) bond motifs is 1. The zero-order valence-corrected chi connectivity index (χ0v) is 19.6. The third kappa shape index (κ3) is 4.68. The van der Waals surface area contributed by atoms with Crippen molar-refractivity contribution in [3.8, 4) is 12.1 Å². The molecule has 13 nitrogen and oxygen atoms in total. The van der Waals surface area contributed by atoms with Crippen LogP contribution in [0.15, 0.2) is 18.3 Å². The Morgan fingerprint density at radius 2 is 2.09 bits per heavy atom. The second-order valence-corrected chi connectivity index (χ2v) is 7.93. The van der Waals surface area contributed by atoms with E-state index in [4.69, 9.17) is 26.8 Å². The summed E-state index contributed by atoms with van der Waals surface area (Å²) in [5, 5.41) is 29.8. The second-order valence-electron chi connectivity index (χ2n) is 7.55. The van der Waals surface area contributed by atoms with E-state index in [1.54, 1.807) is 12.1 Å². The first-order valence-corrected chi connectivity index (χ1v) is 10.9. The minimum atomic E-state index is -0.904. The van der Waals surface area contributed by atoms with E-state index in [2.05, 4.69) is 31.8 Å². The lowest BCUT2D eigenvalue weighted by Gasteiger charge is -2.22. The van der Waals surface area contributed by atoms with E-state index >= 15 is 0 Å². The molecule has 0 aliphatic carbocycles. The summed E-state index contributed by atoms with van der Waals surface area (Å²) in [5.74, 6) is 0.560. The Balaban J connectivity index is 1.72. The number of carbonyl (C=O) groups is 1. The fraction of sp³-hybridized carbons (Fsp3) is 0.333. The second kappa shape index (κ2) is 9.89. The number of halogens is 1. The largest absolute Gasteiger partial charge is 0.442 e. The fourth-order valence-electron chi connectivity index (χ4n) is 3.84. The van der Waals surface area contributed by atoms with Crippen molar-refractivity contribution in [3.05, 3.63) is 34.6 Å². The smallest absolute Gasteiger partial charge is 0.404 e. The zero-order chi connectivity index (χ0) is 25.1. The summed E-state index contributed by atoms with van der Waals surface area (Å²) in [5.41, 5.74) is 7.03. The number of ether oxygens (including phenoxy) is 2. The van der Waals surface area contributed by atoms with Gasteiger partial charge in [-0.25, -0.2) is 9.78 Å². The highest BCUT2D eigenvalue weighted by Crippen LogP contribution is 2.38. The average molecular weight is 497 g/mol. The number of methoxy groups -OCH3 is 1. The molecule has 0 bridgehead atoms. The van der Waals surface area contributed by atoms with E-state index in [1.165, 1.54) is 17.8 Å². The van der Waals surface area contributed by atoms with E-state index in [1.807, 2.05) is 17.9 Å². The Kier molecular flexibility index (Phi) is 6.73. The number of nitrogens with two attached hydrogens (primary N) is 1. The van der Waals surface area contributed by atoms with Crippen molar-refractivity contribution in [2.75, 3.05) is 42.3 Å². The van der Waals surface area contributed by atoms with Crippen LogP contribution in [0.25, 0.3) is 5.65 Å². The number of imidazole rings is 1. The topological polar surface area (TPSA) is 180 Å². The van der Waals surface area contributed by atoms with Crippen LogP contribution in [0, 0.1) is 22.7 Å². The Hall–Kier alpha value is -4.33. The maximum atomic E-state index is 11.3. The molecule has 4 rings (SSSR count). The minimum Gasteiger partial charge on any atom is -0.442 e. The summed E-state index contributed by atoms with van der Waals surface area (Å²) >= 11 is 6.74.